The standard InChI is InChI=1S/C24H25FN6O/c1-15-9-17(18-12-26-30(2)14-18)11-19-22(15)28-29-23(19)24(32)27-21-6-5-16(10-20(21)25)13-31-7-3-4-8-31/h5-6,9-12,14H,3-4,7-8,13H2,1-2H3,(H,27,32)(H,28,29). The molecule has 1 aliphatic heterocycles. The summed E-state index contributed by atoms with van der Waals surface area (Å²) in [5.41, 5.74) is 4.91. The maximum Gasteiger partial charge on any atom is 0.274 e. The number of aryl methyl sites for hydroxylation is 2. The number of rotatable bonds is 5. The van der Waals surface area contributed by atoms with Gasteiger partial charge in [-0.1, -0.05) is 6.07 Å². The summed E-state index contributed by atoms with van der Waals surface area (Å²) in [7, 11) is 1.86. The van der Waals surface area contributed by atoms with Crippen molar-refractivity contribution in [2.45, 2.75) is 26.3 Å². The highest BCUT2D eigenvalue weighted by Gasteiger charge is 2.19. The number of fused-ring (bicyclic) bond motifs is 1. The lowest BCUT2D eigenvalue weighted by atomic mass is 10.0. The minimum atomic E-state index is -0.439. The van der Waals surface area contributed by atoms with E-state index in [2.05, 4.69) is 25.5 Å². The van der Waals surface area contributed by atoms with E-state index in [1.165, 1.54) is 18.9 Å². The molecular weight excluding hydrogens is 407 g/mol. The summed E-state index contributed by atoms with van der Waals surface area (Å²) in [6, 6.07) is 8.92. The number of carbonyl (C=O) groups is 1. The summed E-state index contributed by atoms with van der Waals surface area (Å²) in [6.45, 7) is 4.77. The Morgan fingerprint density at radius 1 is 1.19 bits per heavy atom. The van der Waals surface area contributed by atoms with Gasteiger partial charge in [0.2, 0.25) is 0 Å². The Kier molecular flexibility index (Phi) is 5.22. The third-order valence-electron chi connectivity index (χ3n) is 6.00. The van der Waals surface area contributed by atoms with E-state index < -0.39 is 11.7 Å². The van der Waals surface area contributed by atoms with Gasteiger partial charge in [-0.2, -0.15) is 10.2 Å². The topological polar surface area (TPSA) is 78.8 Å². The van der Waals surface area contributed by atoms with E-state index in [4.69, 9.17) is 0 Å². The van der Waals surface area contributed by atoms with Gasteiger partial charge in [-0.3, -0.25) is 19.5 Å². The Labute approximate surface area is 185 Å². The van der Waals surface area contributed by atoms with Crippen molar-refractivity contribution in [3.8, 4) is 11.1 Å². The Morgan fingerprint density at radius 2 is 2.00 bits per heavy atom. The molecule has 1 fully saturated rings. The lowest BCUT2D eigenvalue weighted by molar-refractivity contribution is 0.102. The van der Waals surface area contributed by atoms with Gasteiger partial charge in [0.05, 0.1) is 17.4 Å². The second kappa shape index (κ2) is 8.20. The maximum absolute atomic E-state index is 14.7. The Hall–Kier alpha value is -3.52. The van der Waals surface area contributed by atoms with Crippen molar-refractivity contribution in [1.82, 2.24) is 24.9 Å². The number of aromatic nitrogens is 4. The minimum absolute atomic E-state index is 0.156. The van der Waals surface area contributed by atoms with Gasteiger partial charge in [-0.15, -0.1) is 0 Å². The van der Waals surface area contributed by atoms with E-state index in [1.807, 2.05) is 38.4 Å². The van der Waals surface area contributed by atoms with Gasteiger partial charge in [-0.05, 0) is 73.8 Å². The highest BCUT2D eigenvalue weighted by atomic mass is 19.1. The van der Waals surface area contributed by atoms with Gasteiger partial charge in [0.15, 0.2) is 0 Å². The number of nitrogens with zero attached hydrogens (tertiary/aromatic N) is 4. The van der Waals surface area contributed by atoms with Crippen molar-refractivity contribution in [1.29, 1.82) is 0 Å². The van der Waals surface area contributed by atoms with E-state index in [9.17, 15) is 9.18 Å². The predicted molar refractivity (Wildman–Crippen MR) is 122 cm³/mol. The number of carbonyl (C=O) groups excluding carboxylic acids is 1. The second-order valence-corrected chi connectivity index (χ2v) is 8.44. The number of likely N-dealkylation sites (tertiary alicyclic amines) is 1. The summed E-state index contributed by atoms with van der Waals surface area (Å²) < 4.78 is 16.5. The molecule has 32 heavy (non-hydrogen) atoms. The molecule has 1 aliphatic rings. The number of hydrogen-bond donors (Lipinski definition) is 2. The average Bonchev–Trinajstić information content (AvgIpc) is 3.51. The van der Waals surface area contributed by atoms with Crippen molar-refractivity contribution in [2.24, 2.45) is 7.05 Å². The summed E-state index contributed by atoms with van der Waals surface area (Å²) in [6.07, 6.45) is 6.08. The number of benzene rings is 2. The Morgan fingerprint density at radius 3 is 2.72 bits per heavy atom. The third kappa shape index (κ3) is 3.89. The van der Waals surface area contributed by atoms with E-state index in [1.54, 1.807) is 16.9 Å². The summed E-state index contributed by atoms with van der Waals surface area (Å²) in [5, 5.41) is 14.7. The molecule has 1 amide bonds. The van der Waals surface area contributed by atoms with Crippen LogP contribution in [0.1, 0.15) is 34.5 Å². The smallest absolute Gasteiger partial charge is 0.274 e. The lowest BCUT2D eigenvalue weighted by Gasteiger charge is -2.15. The highest BCUT2D eigenvalue weighted by molar-refractivity contribution is 6.12. The van der Waals surface area contributed by atoms with Crippen LogP contribution in [0.25, 0.3) is 22.0 Å². The molecule has 3 heterocycles. The number of aromatic amines is 1. The van der Waals surface area contributed by atoms with Crippen LogP contribution < -0.4 is 5.32 Å². The molecule has 2 N–H and O–H groups in total. The Bertz CT molecular complexity index is 1300. The molecule has 1 saturated heterocycles. The SMILES string of the molecule is Cc1cc(-c2cnn(C)c2)cc2c(C(=O)Nc3ccc(CN4CCCC4)cc3F)[nH]nc12. The maximum atomic E-state index is 14.7. The van der Waals surface area contributed by atoms with Crippen molar-refractivity contribution in [3.63, 3.8) is 0 Å². The fraction of sp³-hybridized carbons (Fsp3) is 0.292. The van der Waals surface area contributed by atoms with Crippen molar-refractivity contribution in [3.05, 3.63) is 65.4 Å². The lowest BCUT2D eigenvalue weighted by Crippen LogP contribution is -2.18. The summed E-state index contributed by atoms with van der Waals surface area (Å²) in [4.78, 5) is 15.3. The van der Waals surface area contributed by atoms with Gasteiger partial charge in [0.1, 0.15) is 11.5 Å². The van der Waals surface area contributed by atoms with Crippen LogP contribution in [0.2, 0.25) is 0 Å². The first-order valence-corrected chi connectivity index (χ1v) is 10.8. The molecule has 164 valence electrons. The van der Waals surface area contributed by atoms with Crippen molar-refractivity contribution < 1.29 is 9.18 Å². The number of nitrogens with one attached hydrogen (secondary N) is 2. The molecule has 0 unspecified atom stereocenters. The van der Waals surface area contributed by atoms with Gasteiger partial charge >= 0.3 is 0 Å². The molecule has 4 aromatic rings. The van der Waals surface area contributed by atoms with Crippen LogP contribution in [-0.4, -0.2) is 43.9 Å². The molecule has 0 saturated carbocycles. The number of halogens is 1. The van der Waals surface area contributed by atoms with Crippen LogP contribution in [0.3, 0.4) is 0 Å². The molecule has 5 rings (SSSR count). The van der Waals surface area contributed by atoms with Gasteiger partial charge in [-0.25, -0.2) is 4.39 Å². The van der Waals surface area contributed by atoms with Gasteiger partial charge < -0.3 is 5.32 Å². The fourth-order valence-electron chi connectivity index (χ4n) is 4.34. The molecule has 7 nitrogen and oxygen atoms in total. The predicted octanol–water partition coefficient (Wildman–Crippen LogP) is 4.26. The molecule has 2 aromatic carbocycles. The molecule has 8 heteroatoms. The van der Waals surface area contributed by atoms with Crippen LogP contribution in [0, 0.1) is 12.7 Å². The van der Waals surface area contributed by atoms with E-state index in [-0.39, 0.29) is 5.69 Å². The average molecular weight is 433 g/mol. The van der Waals surface area contributed by atoms with Crippen LogP contribution in [0.5, 0.6) is 0 Å². The van der Waals surface area contributed by atoms with Gasteiger partial charge in [0.25, 0.3) is 5.91 Å². The van der Waals surface area contributed by atoms with Gasteiger partial charge in [0, 0.05) is 30.7 Å². The first-order chi connectivity index (χ1) is 15.5. The summed E-state index contributed by atoms with van der Waals surface area (Å²) >= 11 is 0. The van der Waals surface area contributed by atoms with E-state index in [0.717, 1.165) is 41.9 Å². The fourth-order valence-corrected chi connectivity index (χ4v) is 4.34. The second-order valence-electron chi connectivity index (χ2n) is 8.44. The first-order valence-electron chi connectivity index (χ1n) is 10.8. The third-order valence-corrected chi connectivity index (χ3v) is 6.00. The molecule has 0 aliphatic carbocycles. The molecule has 0 bridgehead atoms. The number of H-pyrrole nitrogens is 1. The minimum Gasteiger partial charge on any atom is -0.318 e. The number of anilines is 1. The monoisotopic (exact) mass is 432 g/mol. The number of hydrogen-bond acceptors (Lipinski definition) is 4. The largest absolute Gasteiger partial charge is 0.318 e. The quantitative estimate of drug-likeness (QED) is 0.494. The first kappa shape index (κ1) is 20.4. The van der Waals surface area contributed by atoms with E-state index in [0.29, 0.717) is 16.6 Å². The summed E-state index contributed by atoms with van der Waals surface area (Å²) in [5.74, 6) is -0.868. The Balaban J connectivity index is 1.40. The molecule has 0 radical (unpaired) electrons. The zero-order valence-corrected chi connectivity index (χ0v) is 18.2. The number of amides is 1. The van der Waals surface area contributed by atoms with Crippen molar-refractivity contribution >= 4 is 22.5 Å². The molecular formula is C24H25FN6O. The van der Waals surface area contributed by atoms with Crippen LogP contribution in [0.15, 0.2) is 42.7 Å². The molecule has 2 aromatic heterocycles. The normalized spacial score (nSPS) is 14.3. The van der Waals surface area contributed by atoms with Crippen LogP contribution >= 0.6 is 0 Å². The van der Waals surface area contributed by atoms with Crippen LogP contribution in [0.4, 0.5) is 10.1 Å². The van der Waals surface area contributed by atoms with Crippen molar-refractivity contribution in [2.75, 3.05) is 18.4 Å². The zero-order chi connectivity index (χ0) is 22.2. The van der Waals surface area contributed by atoms with Crippen LogP contribution in [-0.2, 0) is 13.6 Å². The highest BCUT2D eigenvalue weighted by Crippen LogP contribution is 2.29. The van der Waals surface area contributed by atoms with E-state index >= 15 is 0 Å². The zero-order valence-electron chi connectivity index (χ0n) is 18.2. The molecule has 0 atom stereocenters. The molecule has 0 spiro atoms.